The number of rotatable bonds is 5. The predicted octanol–water partition coefficient (Wildman–Crippen LogP) is 2.92. The minimum atomic E-state index is -0.461. The number of hydrogen-bond acceptors (Lipinski definition) is 3. The van der Waals surface area contributed by atoms with Gasteiger partial charge in [-0.2, -0.15) is 0 Å². The van der Waals surface area contributed by atoms with Gasteiger partial charge in [-0.1, -0.05) is 5.92 Å². The molecule has 0 saturated carbocycles. The molecule has 1 amide bonds. The molecule has 1 fully saturated rings. The van der Waals surface area contributed by atoms with E-state index in [4.69, 9.17) is 11.2 Å². The Morgan fingerprint density at radius 1 is 1.46 bits per heavy atom. The highest BCUT2D eigenvalue weighted by Gasteiger charge is 2.30. The van der Waals surface area contributed by atoms with Gasteiger partial charge in [0.2, 0.25) is 5.91 Å². The lowest BCUT2D eigenvalue weighted by molar-refractivity contribution is -0.124. The molecule has 1 aromatic rings. The molecule has 0 unspecified atom stereocenters. The van der Waals surface area contributed by atoms with Gasteiger partial charge >= 0.3 is 0 Å². The highest BCUT2D eigenvalue weighted by atomic mass is 19.1. The average Bonchev–Trinajstić information content (AvgIpc) is 2.56. The predicted molar refractivity (Wildman–Crippen MR) is 93.6 cm³/mol. The number of piperidine rings is 1. The van der Waals surface area contributed by atoms with Crippen LogP contribution < -0.4 is 9.64 Å². The van der Waals surface area contributed by atoms with Crippen molar-refractivity contribution >= 4 is 11.6 Å². The lowest BCUT2D eigenvalue weighted by atomic mass is 9.94. The van der Waals surface area contributed by atoms with Gasteiger partial charge in [-0.15, -0.1) is 6.42 Å². The van der Waals surface area contributed by atoms with Gasteiger partial charge in [0.05, 0.1) is 13.7 Å². The van der Waals surface area contributed by atoms with Crippen LogP contribution in [0, 0.1) is 24.1 Å². The van der Waals surface area contributed by atoms with Crippen molar-refractivity contribution in [3.63, 3.8) is 0 Å². The Balaban J connectivity index is 2.15. The lowest BCUT2D eigenvalue weighted by Crippen LogP contribution is -2.45. The first-order valence-corrected chi connectivity index (χ1v) is 8.30. The van der Waals surface area contributed by atoms with Crippen LogP contribution in [0.4, 0.5) is 10.1 Å². The molecule has 2 rings (SSSR count). The Morgan fingerprint density at radius 3 is 2.62 bits per heavy atom. The number of methoxy groups -OCH3 is 1. The van der Waals surface area contributed by atoms with Crippen LogP contribution >= 0.6 is 0 Å². The van der Waals surface area contributed by atoms with Crippen LogP contribution in [0.3, 0.4) is 0 Å². The summed E-state index contributed by atoms with van der Waals surface area (Å²) in [5.74, 6) is 2.36. The molecule has 0 bridgehead atoms. The molecule has 0 N–H and O–H groups in total. The lowest BCUT2D eigenvalue weighted by Gasteiger charge is -2.35. The third-order valence-corrected chi connectivity index (χ3v) is 4.42. The number of carbonyl (C=O) groups is 1. The van der Waals surface area contributed by atoms with E-state index in [1.54, 1.807) is 17.0 Å². The van der Waals surface area contributed by atoms with E-state index in [-0.39, 0.29) is 23.6 Å². The molecule has 0 aliphatic carbocycles. The second kappa shape index (κ2) is 8.16. The fourth-order valence-electron chi connectivity index (χ4n) is 3.15. The molecular weight excluding hydrogens is 307 g/mol. The van der Waals surface area contributed by atoms with Crippen LogP contribution in [0.15, 0.2) is 18.2 Å². The average molecular weight is 332 g/mol. The molecule has 130 valence electrons. The molecule has 1 aromatic carbocycles. The Hall–Kier alpha value is -2.06. The van der Waals surface area contributed by atoms with E-state index >= 15 is 0 Å². The topological polar surface area (TPSA) is 32.8 Å². The summed E-state index contributed by atoms with van der Waals surface area (Å²) < 4.78 is 19.0. The van der Waals surface area contributed by atoms with Gasteiger partial charge in [0.1, 0.15) is 0 Å². The summed E-state index contributed by atoms with van der Waals surface area (Å²) in [4.78, 5) is 16.8. The first-order chi connectivity index (χ1) is 11.5. The summed E-state index contributed by atoms with van der Waals surface area (Å²) in [5, 5.41) is 0. The second-order valence-electron chi connectivity index (χ2n) is 6.38. The monoisotopic (exact) mass is 332 g/mol. The van der Waals surface area contributed by atoms with Gasteiger partial charge in [-0.05, 0) is 51.9 Å². The molecule has 5 heteroatoms. The van der Waals surface area contributed by atoms with E-state index in [1.807, 2.05) is 13.8 Å². The van der Waals surface area contributed by atoms with Crippen LogP contribution in [0.1, 0.15) is 26.7 Å². The molecular formula is C19H25FN2O2. The zero-order chi connectivity index (χ0) is 17.7. The van der Waals surface area contributed by atoms with Crippen molar-refractivity contribution in [1.29, 1.82) is 0 Å². The third kappa shape index (κ3) is 4.07. The van der Waals surface area contributed by atoms with Gasteiger partial charge in [0.25, 0.3) is 0 Å². The van der Waals surface area contributed by atoms with Crippen molar-refractivity contribution in [3.05, 3.63) is 24.0 Å². The summed E-state index contributed by atoms with van der Waals surface area (Å²) in [6, 6.07) is 4.61. The molecule has 1 aliphatic heterocycles. The zero-order valence-electron chi connectivity index (χ0n) is 14.6. The Bertz CT molecular complexity index is 616. The SMILES string of the molecule is C#CCN1CCC(C(=O)N(c2ccc(OC)c(F)c2)C(C)C)CC1. The minimum absolute atomic E-state index is 0.0472. The first-order valence-electron chi connectivity index (χ1n) is 8.30. The maximum absolute atomic E-state index is 14.0. The van der Waals surface area contributed by atoms with Gasteiger partial charge in [0, 0.05) is 23.7 Å². The quantitative estimate of drug-likeness (QED) is 0.777. The number of terminal acetylenes is 1. The van der Waals surface area contributed by atoms with E-state index < -0.39 is 5.82 Å². The second-order valence-corrected chi connectivity index (χ2v) is 6.38. The van der Waals surface area contributed by atoms with E-state index in [0.717, 1.165) is 25.9 Å². The van der Waals surface area contributed by atoms with E-state index in [2.05, 4.69) is 10.8 Å². The fourth-order valence-corrected chi connectivity index (χ4v) is 3.15. The molecule has 1 aliphatic rings. The van der Waals surface area contributed by atoms with E-state index in [9.17, 15) is 9.18 Å². The number of likely N-dealkylation sites (tertiary alicyclic amines) is 1. The molecule has 1 heterocycles. The number of halogens is 1. The van der Waals surface area contributed by atoms with Crippen molar-refractivity contribution in [2.24, 2.45) is 5.92 Å². The number of benzene rings is 1. The van der Waals surface area contributed by atoms with E-state index in [0.29, 0.717) is 12.2 Å². The van der Waals surface area contributed by atoms with Crippen molar-refractivity contribution in [1.82, 2.24) is 4.90 Å². The number of carbonyl (C=O) groups excluding carboxylic acids is 1. The number of hydrogen-bond donors (Lipinski definition) is 0. The molecule has 0 spiro atoms. The van der Waals surface area contributed by atoms with Crippen LogP contribution in [-0.2, 0) is 4.79 Å². The number of ether oxygens (including phenoxy) is 1. The molecule has 4 nitrogen and oxygen atoms in total. The zero-order valence-corrected chi connectivity index (χ0v) is 14.6. The number of anilines is 1. The maximum atomic E-state index is 14.0. The summed E-state index contributed by atoms with van der Waals surface area (Å²) in [7, 11) is 1.42. The Kier molecular flexibility index (Phi) is 6.22. The van der Waals surface area contributed by atoms with Gasteiger partial charge in [-0.25, -0.2) is 4.39 Å². The van der Waals surface area contributed by atoms with Crippen LogP contribution in [-0.4, -0.2) is 43.6 Å². The number of amides is 1. The van der Waals surface area contributed by atoms with Crippen molar-refractivity contribution < 1.29 is 13.9 Å². The summed E-state index contributed by atoms with van der Waals surface area (Å²) in [6.45, 7) is 6.15. The van der Waals surface area contributed by atoms with Crippen LogP contribution in [0.2, 0.25) is 0 Å². The largest absolute Gasteiger partial charge is 0.494 e. The van der Waals surface area contributed by atoms with Gasteiger partial charge < -0.3 is 9.64 Å². The van der Waals surface area contributed by atoms with Crippen molar-refractivity contribution in [2.75, 3.05) is 31.6 Å². The maximum Gasteiger partial charge on any atom is 0.230 e. The Morgan fingerprint density at radius 2 is 2.12 bits per heavy atom. The van der Waals surface area contributed by atoms with Crippen molar-refractivity contribution in [3.8, 4) is 18.1 Å². The molecule has 0 atom stereocenters. The molecule has 0 radical (unpaired) electrons. The minimum Gasteiger partial charge on any atom is -0.494 e. The van der Waals surface area contributed by atoms with Crippen LogP contribution in [0.5, 0.6) is 5.75 Å². The number of nitrogens with zero attached hydrogens (tertiary/aromatic N) is 2. The van der Waals surface area contributed by atoms with Crippen LogP contribution in [0.25, 0.3) is 0 Å². The molecule has 24 heavy (non-hydrogen) atoms. The molecule has 1 saturated heterocycles. The Labute approximate surface area is 143 Å². The highest BCUT2D eigenvalue weighted by Crippen LogP contribution is 2.28. The summed E-state index contributed by atoms with van der Waals surface area (Å²) >= 11 is 0. The fraction of sp³-hybridized carbons (Fsp3) is 0.526. The normalized spacial score (nSPS) is 16.0. The standard InChI is InChI=1S/C19H25FN2O2/c1-5-10-21-11-8-15(9-12-21)19(23)22(14(2)3)16-6-7-18(24-4)17(20)13-16/h1,6-7,13-15H,8-12H2,2-4H3. The highest BCUT2D eigenvalue weighted by molar-refractivity contribution is 5.95. The van der Waals surface area contributed by atoms with Crippen molar-refractivity contribution in [2.45, 2.75) is 32.7 Å². The summed E-state index contributed by atoms with van der Waals surface area (Å²) in [5.41, 5.74) is 0.569. The molecule has 0 aromatic heterocycles. The van der Waals surface area contributed by atoms with E-state index in [1.165, 1.54) is 13.2 Å². The van der Waals surface area contributed by atoms with Gasteiger partial charge in [0.15, 0.2) is 11.6 Å². The third-order valence-electron chi connectivity index (χ3n) is 4.42. The summed E-state index contributed by atoms with van der Waals surface area (Å²) in [6.07, 6.45) is 6.90. The smallest absolute Gasteiger partial charge is 0.230 e. The van der Waals surface area contributed by atoms with Gasteiger partial charge in [-0.3, -0.25) is 9.69 Å². The first kappa shape index (κ1) is 18.3.